The third kappa shape index (κ3) is 6.42. The molecule has 3 aromatic rings. The SMILES string of the molecule is C[C@@H](c1ccc(-c2nc(C(=O)NC(C)(C)C)cs2)cc1)N1CCC(CC(C)(C)O)(c2ccccc2)OC1=O. The van der Waals surface area contributed by atoms with Crippen LogP contribution in [0.2, 0.25) is 0 Å². The van der Waals surface area contributed by atoms with Crippen LogP contribution in [0, 0.1) is 0 Å². The fourth-order valence-electron chi connectivity index (χ4n) is 4.89. The number of nitrogens with zero attached hydrogens (tertiary/aromatic N) is 2. The number of aromatic nitrogens is 1. The van der Waals surface area contributed by atoms with E-state index >= 15 is 0 Å². The lowest BCUT2D eigenvalue weighted by atomic mass is 9.80. The highest BCUT2D eigenvalue weighted by atomic mass is 32.1. The average molecular weight is 536 g/mol. The van der Waals surface area contributed by atoms with E-state index in [2.05, 4.69) is 10.3 Å². The number of aliphatic hydroxyl groups is 1. The Morgan fingerprint density at radius 3 is 2.37 bits per heavy atom. The molecule has 1 saturated heterocycles. The molecule has 2 heterocycles. The summed E-state index contributed by atoms with van der Waals surface area (Å²) in [4.78, 5) is 32.0. The van der Waals surface area contributed by atoms with Gasteiger partial charge in [-0.1, -0.05) is 54.6 Å². The summed E-state index contributed by atoms with van der Waals surface area (Å²) in [6, 6.07) is 17.4. The fraction of sp³-hybridized carbons (Fsp3) is 0.433. The molecule has 0 saturated carbocycles. The van der Waals surface area contributed by atoms with Gasteiger partial charge in [-0.05, 0) is 52.7 Å². The van der Waals surface area contributed by atoms with E-state index in [9.17, 15) is 14.7 Å². The van der Waals surface area contributed by atoms with Crippen LogP contribution < -0.4 is 5.32 Å². The van der Waals surface area contributed by atoms with Crippen molar-refractivity contribution in [3.8, 4) is 10.6 Å². The van der Waals surface area contributed by atoms with Gasteiger partial charge < -0.3 is 20.1 Å². The first-order chi connectivity index (χ1) is 17.8. The molecule has 2 atom stereocenters. The van der Waals surface area contributed by atoms with Crippen molar-refractivity contribution in [2.75, 3.05) is 6.54 Å². The predicted octanol–water partition coefficient (Wildman–Crippen LogP) is 6.30. The number of amides is 2. The van der Waals surface area contributed by atoms with Crippen LogP contribution in [-0.4, -0.2) is 44.7 Å². The molecule has 2 aromatic carbocycles. The maximum atomic E-state index is 13.3. The molecule has 1 unspecified atom stereocenters. The van der Waals surface area contributed by atoms with E-state index < -0.39 is 17.3 Å². The summed E-state index contributed by atoms with van der Waals surface area (Å²) in [5.41, 5.74) is 0.982. The van der Waals surface area contributed by atoms with Crippen molar-refractivity contribution in [1.29, 1.82) is 0 Å². The second-order valence-corrected chi connectivity index (χ2v) is 12.6. The zero-order chi connectivity index (χ0) is 27.7. The van der Waals surface area contributed by atoms with Crippen LogP contribution in [0.15, 0.2) is 60.0 Å². The topological polar surface area (TPSA) is 91.8 Å². The molecular formula is C30H37N3O4S. The lowest BCUT2D eigenvalue weighted by Gasteiger charge is -2.45. The van der Waals surface area contributed by atoms with Gasteiger partial charge in [-0.25, -0.2) is 9.78 Å². The van der Waals surface area contributed by atoms with Crippen LogP contribution in [0.3, 0.4) is 0 Å². The highest BCUT2D eigenvalue weighted by Crippen LogP contribution is 2.42. The van der Waals surface area contributed by atoms with Crippen LogP contribution in [0.5, 0.6) is 0 Å². The zero-order valence-corrected chi connectivity index (χ0v) is 23.8. The Hall–Kier alpha value is -3.23. The largest absolute Gasteiger partial charge is 0.438 e. The summed E-state index contributed by atoms with van der Waals surface area (Å²) < 4.78 is 6.12. The van der Waals surface area contributed by atoms with Gasteiger partial charge in [0.25, 0.3) is 5.91 Å². The molecule has 8 heteroatoms. The van der Waals surface area contributed by atoms with Crippen LogP contribution in [0.25, 0.3) is 10.6 Å². The van der Waals surface area contributed by atoms with Gasteiger partial charge >= 0.3 is 6.09 Å². The van der Waals surface area contributed by atoms with Crippen LogP contribution >= 0.6 is 11.3 Å². The molecule has 38 heavy (non-hydrogen) atoms. The van der Waals surface area contributed by atoms with Crippen molar-refractivity contribution in [3.63, 3.8) is 0 Å². The number of cyclic esters (lactones) is 1. The molecule has 1 fully saturated rings. The van der Waals surface area contributed by atoms with Crippen molar-refractivity contribution in [1.82, 2.24) is 15.2 Å². The molecule has 7 nitrogen and oxygen atoms in total. The maximum Gasteiger partial charge on any atom is 0.411 e. The summed E-state index contributed by atoms with van der Waals surface area (Å²) in [6.45, 7) is 11.8. The summed E-state index contributed by atoms with van der Waals surface area (Å²) in [5.74, 6) is -0.190. The second kappa shape index (κ2) is 10.5. The highest BCUT2D eigenvalue weighted by molar-refractivity contribution is 7.13. The molecule has 0 aliphatic carbocycles. The Kier molecular flexibility index (Phi) is 7.68. The third-order valence-electron chi connectivity index (χ3n) is 6.62. The van der Waals surface area contributed by atoms with E-state index in [1.54, 1.807) is 24.1 Å². The van der Waals surface area contributed by atoms with E-state index in [0.717, 1.165) is 21.7 Å². The monoisotopic (exact) mass is 535 g/mol. The Morgan fingerprint density at radius 2 is 1.79 bits per heavy atom. The van der Waals surface area contributed by atoms with Crippen LogP contribution in [-0.2, 0) is 10.3 Å². The van der Waals surface area contributed by atoms with E-state index in [1.807, 2.05) is 82.3 Å². The molecule has 0 bridgehead atoms. The molecule has 2 amide bonds. The molecule has 1 aliphatic rings. The molecule has 4 rings (SSSR count). The lowest BCUT2D eigenvalue weighted by Crippen LogP contribution is -2.51. The lowest BCUT2D eigenvalue weighted by molar-refractivity contribution is -0.101. The van der Waals surface area contributed by atoms with Crippen LogP contribution in [0.4, 0.5) is 4.79 Å². The van der Waals surface area contributed by atoms with E-state index in [4.69, 9.17) is 4.74 Å². The number of nitrogens with one attached hydrogen (secondary N) is 1. The molecule has 0 spiro atoms. The predicted molar refractivity (Wildman–Crippen MR) is 150 cm³/mol. The highest BCUT2D eigenvalue weighted by Gasteiger charge is 2.46. The third-order valence-corrected chi connectivity index (χ3v) is 7.52. The number of benzene rings is 2. The van der Waals surface area contributed by atoms with Gasteiger partial charge in [0, 0.05) is 35.9 Å². The van der Waals surface area contributed by atoms with Gasteiger partial charge in [0.05, 0.1) is 11.6 Å². The van der Waals surface area contributed by atoms with Gasteiger partial charge in [-0.3, -0.25) is 4.79 Å². The minimum atomic E-state index is -0.997. The number of thiazole rings is 1. The maximum absolute atomic E-state index is 13.3. The fourth-order valence-corrected chi connectivity index (χ4v) is 5.70. The van der Waals surface area contributed by atoms with Crippen molar-refractivity contribution < 1.29 is 19.4 Å². The number of carbonyl (C=O) groups excluding carboxylic acids is 2. The number of rotatable bonds is 7. The van der Waals surface area contributed by atoms with Gasteiger partial charge in [0.1, 0.15) is 16.3 Å². The standard InChI is InChI=1S/C30H37N3O4S/c1-20(21-12-14-22(15-13-21)26-31-24(18-38-26)25(34)32-28(2,3)4)33-17-16-30(37-27(33)35,19-29(5,6)36)23-10-8-7-9-11-23/h7-15,18,20,36H,16-17,19H2,1-6H3,(H,32,34)/t20-,30?/m0/s1. The number of hydrogen-bond acceptors (Lipinski definition) is 6. The van der Waals surface area contributed by atoms with E-state index in [1.165, 1.54) is 11.3 Å². The second-order valence-electron chi connectivity index (χ2n) is 11.7. The number of carbonyl (C=O) groups is 2. The average Bonchev–Trinajstić information content (AvgIpc) is 3.33. The Bertz CT molecular complexity index is 1280. The van der Waals surface area contributed by atoms with Gasteiger partial charge in [0.15, 0.2) is 0 Å². The van der Waals surface area contributed by atoms with E-state index in [-0.39, 0.29) is 17.5 Å². The number of ether oxygens (including phenoxy) is 1. The first-order valence-electron chi connectivity index (χ1n) is 12.9. The number of hydrogen-bond donors (Lipinski definition) is 2. The van der Waals surface area contributed by atoms with Gasteiger partial charge in [0.2, 0.25) is 0 Å². The van der Waals surface area contributed by atoms with Crippen molar-refractivity contribution >= 4 is 23.3 Å². The zero-order valence-electron chi connectivity index (χ0n) is 22.9. The molecule has 202 valence electrons. The summed E-state index contributed by atoms with van der Waals surface area (Å²) in [7, 11) is 0. The van der Waals surface area contributed by atoms with Gasteiger partial charge in [-0.2, -0.15) is 0 Å². The normalized spacial score (nSPS) is 19.1. The van der Waals surface area contributed by atoms with Gasteiger partial charge in [-0.15, -0.1) is 11.3 Å². The minimum absolute atomic E-state index is 0.190. The Morgan fingerprint density at radius 1 is 1.13 bits per heavy atom. The molecule has 1 aromatic heterocycles. The minimum Gasteiger partial charge on any atom is -0.438 e. The quantitative estimate of drug-likeness (QED) is 0.371. The molecule has 0 radical (unpaired) electrons. The molecule has 2 N–H and O–H groups in total. The summed E-state index contributed by atoms with van der Waals surface area (Å²) in [5, 5.41) is 16.1. The van der Waals surface area contributed by atoms with Crippen LogP contribution in [0.1, 0.15) is 82.0 Å². The van der Waals surface area contributed by atoms with Crippen molar-refractivity contribution in [3.05, 3.63) is 76.8 Å². The first kappa shape index (κ1) is 27.8. The first-order valence-corrected chi connectivity index (χ1v) is 13.8. The smallest absolute Gasteiger partial charge is 0.411 e. The Balaban J connectivity index is 1.48. The van der Waals surface area contributed by atoms with E-state index in [0.29, 0.717) is 25.1 Å². The molecular weight excluding hydrogens is 498 g/mol. The van der Waals surface area contributed by atoms with Crippen molar-refractivity contribution in [2.45, 2.75) is 77.2 Å². The Labute approximate surface area is 228 Å². The van der Waals surface area contributed by atoms with Crippen molar-refractivity contribution in [2.24, 2.45) is 0 Å². The summed E-state index contributed by atoms with van der Waals surface area (Å²) in [6.07, 6.45) is 0.500. The summed E-state index contributed by atoms with van der Waals surface area (Å²) >= 11 is 1.42. The molecule has 1 aliphatic heterocycles.